The molecule has 1 nitrogen and oxygen atoms in total. The van der Waals surface area contributed by atoms with Crippen LogP contribution < -0.4 is 0 Å². The van der Waals surface area contributed by atoms with Crippen molar-refractivity contribution in [3.05, 3.63) is 12.7 Å². The van der Waals surface area contributed by atoms with Gasteiger partial charge in [0, 0.05) is 5.60 Å². The molecule has 0 heterocycles. The van der Waals surface area contributed by atoms with E-state index in [9.17, 15) is 0 Å². The maximum absolute atomic E-state index is 5.51. The van der Waals surface area contributed by atoms with Crippen molar-refractivity contribution in [1.82, 2.24) is 0 Å². The molecule has 2 heteroatoms. The SMILES string of the molecule is C=CCC[Si]OC(C)(C)C. The van der Waals surface area contributed by atoms with Crippen molar-refractivity contribution in [2.75, 3.05) is 0 Å². The molecule has 0 spiro atoms. The Kier molecular flexibility index (Phi) is 4.65. The van der Waals surface area contributed by atoms with E-state index in [2.05, 4.69) is 27.4 Å². The molecule has 0 amide bonds. The summed E-state index contributed by atoms with van der Waals surface area (Å²) in [7, 11) is 0.619. The van der Waals surface area contributed by atoms with Crippen molar-refractivity contribution in [2.45, 2.75) is 38.8 Å². The normalized spacial score (nSPS) is 11.5. The van der Waals surface area contributed by atoms with Crippen LogP contribution in [0.2, 0.25) is 6.04 Å². The second-order valence-electron chi connectivity index (χ2n) is 3.19. The zero-order chi connectivity index (χ0) is 8.04. The third-order valence-corrected chi connectivity index (χ3v) is 2.08. The molecule has 0 aliphatic carbocycles. The van der Waals surface area contributed by atoms with Gasteiger partial charge in [0.1, 0.15) is 0 Å². The quantitative estimate of drug-likeness (QED) is 0.345. The van der Waals surface area contributed by atoms with Crippen LogP contribution in [0.25, 0.3) is 0 Å². The van der Waals surface area contributed by atoms with Gasteiger partial charge in [-0.2, -0.15) is 0 Å². The van der Waals surface area contributed by atoms with Crippen LogP contribution in [0.4, 0.5) is 0 Å². The van der Waals surface area contributed by atoms with E-state index in [0.29, 0.717) is 9.76 Å². The fourth-order valence-electron chi connectivity index (χ4n) is 0.429. The summed E-state index contributed by atoms with van der Waals surface area (Å²) in [4.78, 5) is 0. The zero-order valence-electron chi connectivity index (χ0n) is 7.11. The molecule has 10 heavy (non-hydrogen) atoms. The Morgan fingerprint density at radius 2 is 2.10 bits per heavy atom. The van der Waals surface area contributed by atoms with Crippen LogP contribution in [0.5, 0.6) is 0 Å². The fourth-order valence-corrected chi connectivity index (χ4v) is 1.29. The molecule has 0 atom stereocenters. The molecule has 2 radical (unpaired) electrons. The third kappa shape index (κ3) is 7.92. The summed E-state index contributed by atoms with van der Waals surface area (Å²) >= 11 is 0. The first-order chi connectivity index (χ1) is 4.56. The summed E-state index contributed by atoms with van der Waals surface area (Å²) in [6.45, 7) is 9.88. The van der Waals surface area contributed by atoms with Gasteiger partial charge in [0.05, 0.1) is 0 Å². The van der Waals surface area contributed by atoms with Crippen LogP contribution in [0, 0.1) is 0 Å². The first-order valence-corrected chi connectivity index (χ1v) is 4.69. The highest BCUT2D eigenvalue weighted by molar-refractivity contribution is 6.27. The minimum atomic E-state index is 0.0274. The monoisotopic (exact) mass is 156 g/mol. The summed E-state index contributed by atoms with van der Waals surface area (Å²) in [6, 6.07) is 1.11. The van der Waals surface area contributed by atoms with E-state index < -0.39 is 0 Å². The first kappa shape index (κ1) is 9.92. The molecular formula is C8H16OSi. The average Bonchev–Trinajstić information content (AvgIpc) is 1.78. The molecule has 0 aromatic heterocycles. The highest BCUT2D eigenvalue weighted by Crippen LogP contribution is 2.06. The molecule has 0 saturated carbocycles. The van der Waals surface area contributed by atoms with Crippen LogP contribution in [-0.2, 0) is 4.43 Å². The van der Waals surface area contributed by atoms with Crippen molar-refractivity contribution >= 4 is 9.76 Å². The fraction of sp³-hybridized carbons (Fsp3) is 0.750. The molecule has 0 bridgehead atoms. The predicted molar refractivity (Wildman–Crippen MR) is 46.2 cm³/mol. The Hall–Kier alpha value is -0.0831. The molecule has 0 aromatic rings. The topological polar surface area (TPSA) is 9.23 Å². The number of hydrogen-bond donors (Lipinski definition) is 0. The zero-order valence-corrected chi connectivity index (χ0v) is 8.11. The van der Waals surface area contributed by atoms with Gasteiger partial charge < -0.3 is 4.43 Å². The highest BCUT2D eigenvalue weighted by atomic mass is 28.2. The Labute approximate surface area is 66.4 Å². The van der Waals surface area contributed by atoms with Crippen LogP contribution in [0.1, 0.15) is 27.2 Å². The van der Waals surface area contributed by atoms with E-state index in [1.807, 2.05) is 6.08 Å². The van der Waals surface area contributed by atoms with Gasteiger partial charge in [0.25, 0.3) is 0 Å². The van der Waals surface area contributed by atoms with Gasteiger partial charge >= 0.3 is 0 Å². The number of allylic oxidation sites excluding steroid dienone is 1. The maximum Gasteiger partial charge on any atom is 0.230 e. The predicted octanol–water partition coefficient (Wildman–Crippen LogP) is 2.42. The molecule has 0 fully saturated rings. The molecule has 58 valence electrons. The Morgan fingerprint density at radius 1 is 1.50 bits per heavy atom. The average molecular weight is 156 g/mol. The van der Waals surface area contributed by atoms with E-state index in [1.54, 1.807) is 0 Å². The first-order valence-electron chi connectivity index (χ1n) is 3.58. The van der Waals surface area contributed by atoms with Gasteiger partial charge in [-0.25, -0.2) is 0 Å². The second-order valence-corrected chi connectivity index (χ2v) is 4.18. The summed E-state index contributed by atoms with van der Waals surface area (Å²) in [5.74, 6) is 0. The molecule has 0 unspecified atom stereocenters. The van der Waals surface area contributed by atoms with Crippen LogP contribution >= 0.6 is 0 Å². The Balaban J connectivity index is 3.12. The summed E-state index contributed by atoms with van der Waals surface area (Å²) < 4.78 is 5.51. The highest BCUT2D eigenvalue weighted by Gasteiger charge is 2.08. The smallest absolute Gasteiger partial charge is 0.230 e. The lowest BCUT2D eigenvalue weighted by molar-refractivity contribution is 0.138. The molecule has 0 saturated heterocycles. The Morgan fingerprint density at radius 3 is 2.50 bits per heavy atom. The van der Waals surface area contributed by atoms with E-state index in [0.717, 1.165) is 12.5 Å². The standard InChI is InChI=1S/C8H16OSi/c1-5-6-7-10-9-8(2,3)4/h5H,1,6-7H2,2-4H3. The van der Waals surface area contributed by atoms with Crippen molar-refractivity contribution in [2.24, 2.45) is 0 Å². The summed E-state index contributed by atoms with van der Waals surface area (Å²) in [6.07, 6.45) is 2.99. The number of hydrogen-bond acceptors (Lipinski definition) is 1. The van der Waals surface area contributed by atoms with Crippen molar-refractivity contribution in [3.8, 4) is 0 Å². The minimum Gasteiger partial charge on any atom is -0.413 e. The third-order valence-electron chi connectivity index (χ3n) is 0.829. The van der Waals surface area contributed by atoms with E-state index >= 15 is 0 Å². The summed E-state index contributed by atoms with van der Waals surface area (Å²) in [5, 5.41) is 0. The van der Waals surface area contributed by atoms with Crippen molar-refractivity contribution in [3.63, 3.8) is 0 Å². The molecule has 0 aromatic carbocycles. The van der Waals surface area contributed by atoms with Gasteiger partial charge in [-0.05, 0) is 33.2 Å². The van der Waals surface area contributed by atoms with Crippen LogP contribution in [-0.4, -0.2) is 15.4 Å². The van der Waals surface area contributed by atoms with Gasteiger partial charge in [-0.1, -0.05) is 6.08 Å². The molecule has 0 aliphatic rings. The lowest BCUT2D eigenvalue weighted by Gasteiger charge is -2.18. The maximum atomic E-state index is 5.51. The van der Waals surface area contributed by atoms with Gasteiger partial charge in [-0.3, -0.25) is 0 Å². The van der Waals surface area contributed by atoms with Crippen molar-refractivity contribution in [1.29, 1.82) is 0 Å². The lowest BCUT2D eigenvalue weighted by Crippen LogP contribution is -2.21. The number of rotatable bonds is 4. The molecular weight excluding hydrogens is 140 g/mol. The van der Waals surface area contributed by atoms with E-state index in [1.165, 1.54) is 0 Å². The molecule has 0 aliphatic heterocycles. The molecule has 0 N–H and O–H groups in total. The van der Waals surface area contributed by atoms with Gasteiger partial charge in [0.15, 0.2) is 0 Å². The van der Waals surface area contributed by atoms with Crippen LogP contribution in [0.3, 0.4) is 0 Å². The van der Waals surface area contributed by atoms with Crippen molar-refractivity contribution < 1.29 is 4.43 Å². The lowest BCUT2D eigenvalue weighted by atomic mass is 10.2. The van der Waals surface area contributed by atoms with Gasteiger partial charge in [-0.15, -0.1) is 6.58 Å². The molecule has 0 rings (SSSR count). The van der Waals surface area contributed by atoms with Crippen LogP contribution in [0.15, 0.2) is 12.7 Å². The van der Waals surface area contributed by atoms with E-state index in [-0.39, 0.29) is 5.60 Å². The minimum absolute atomic E-state index is 0.0274. The second kappa shape index (κ2) is 4.69. The van der Waals surface area contributed by atoms with E-state index in [4.69, 9.17) is 4.43 Å². The summed E-state index contributed by atoms with van der Waals surface area (Å²) in [5.41, 5.74) is 0.0274. The largest absolute Gasteiger partial charge is 0.413 e. The van der Waals surface area contributed by atoms with Gasteiger partial charge in [0.2, 0.25) is 9.76 Å². The Bertz CT molecular complexity index is 93.9.